The van der Waals surface area contributed by atoms with Gasteiger partial charge in [0.25, 0.3) is 0 Å². The third kappa shape index (κ3) is 6.87. The molecule has 3 aromatic carbocycles. The van der Waals surface area contributed by atoms with Gasteiger partial charge in [-0.15, -0.1) is 0 Å². The van der Waals surface area contributed by atoms with E-state index in [1.807, 2.05) is 77.7 Å². The molecule has 2 amide bonds. The van der Waals surface area contributed by atoms with Gasteiger partial charge in [-0.25, -0.2) is 0 Å². The Hall–Kier alpha value is -3.64. The van der Waals surface area contributed by atoms with Crippen molar-refractivity contribution in [3.63, 3.8) is 0 Å². The van der Waals surface area contributed by atoms with Crippen molar-refractivity contribution in [2.24, 2.45) is 5.92 Å². The van der Waals surface area contributed by atoms with Crippen LogP contribution in [0.1, 0.15) is 43.7 Å². The Balaban J connectivity index is 1.17. The molecule has 0 saturated carbocycles. The molecule has 204 valence electrons. The number of carbonyl (C=O) groups excluding carboxylic acids is 2. The average molecular weight is 526 g/mol. The van der Waals surface area contributed by atoms with Crippen molar-refractivity contribution in [2.45, 2.75) is 57.7 Å². The lowest BCUT2D eigenvalue weighted by atomic mass is 9.85. The number of ether oxygens (including phenoxy) is 1. The third-order valence-electron chi connectivity index (χ3n) is 7.92. The summed E-state index contributed by atoms with van der Waals surface area (Å²) >= 11 is 0. The number of para-hydroxylation sites is 1. The van der Waals surface area contributed by atoms with Crippen LogP contribution in [0.2, 0.25) is 0 Å². The monoisotopic (exact) mass is 525 g/mol. The van der Waals surface area contributed by atoms with Crippen LogP contribution in [0.5, 0.6) is 11.5 Å². The molecule has 2 atom stereocenters. The molecule has 2 aliphatic rings. The Kier molecular flexibility index (Phi) is 8.94. The van der Waals surface area contributed by atoms with Crippen molar-refractivity contribution in [1.29, 1.82) is 0 Å². The molecule has 0 bridgehead atoms. The fourth-order valence-corrected chi connectivity index (χ4v) is 5.80. The lowest BCUT2D eigenvalue weighted by Crippen LogP contribution is -2.66. The van der Waals surface area contributed by atoms with Crippen LogP contribution in [0, 0.1) is 5.92 Å². The van der Waals surface area contributed by atoms with Crippen LogP contribution in [0.4, 0.5) is 0 Å². The molecule has 6 heteroatoms. The second-order valence-corrected chi connectivity index (χ2v) is 10.8. The van der Waals surface area contributed by atoms with E-state index in [1.54, 1.807) is 0 Å². The lowest BCUT2D eigenvalue weighted by Gasteiger charge is -2.45. The van der Waals surface area contributed by atoms with Crippen molar-refractivity contribution in [1.82, 2.24) is 15.1 Å². The number of nitrogens with zero attached hydrogens (tertiary/aromatic N) is 2. The molecule has 0 radical (unpaired) electrons. The molecule has 39 heavy (non-hydrogen) atoms. The first-order valence-electron chi connectivity index (χ1n) is 14.3. The van der Waals surface area contributed by atoms with Crippen LogP contribution in [0.15, 0.2) is 84.9 Å². The van der Waals surface area contributed by atoms with Crippen molar-refractivity contribution in [2.75, 3.05) is 19.6 Å². The SMILES string of the molecule is CCCCN1C(=O)C(Cc2ccccc2)NC(=O)C1C1CCN(Cc2ccc(Oc3ccccc3)cc2)CC1. The largest absolute Gasteiger partial charge is 0.457 e. The number of likely N-dealkylation sites (tertiary alicyclic amines) is 1. The summed E-state index contributed by atoms with van der Waals surface area (Å²) in [7, 11) is 0. The summed E-state index contributed by atoms with van der Waals surface area (Å²) in [6.07, 6.45) is 4.26. The van der Waals surface area contributed by atoms with Gasteiger partial charge in [-0.05, 0) is 73.7 Å². The second-order valence-electron chi connectivity index (χ2n) is 10.8. The molecule has 5 rings (SSSR count). The van der Waals surface area contributed by atoms with Crippen molar-refractivity contribution >= 4 is 11.8 Å². The first-order valence-corrected chi connectivity index (χ1v) is 14.3. The molecule has 1 N–H and O–H groups in total. The van der Waals surface area contributed by atoms with Crippen LogP contribution in [0.3, 0.4) is 0 Å². The molecular weight excluding hydrogens is 486 g/mol. The standard InChI is InChI=1S/C33H39N3O3/c1-2-3-20-36-31(32(37)34-30(33(36)38)23-25-10-6-4-7-11-25)27-18-21-35(22-19-27)24-26-14-16-29(17-15-26)39-28-12-8-5-9-13-28/h4-17,27,30-31H,2-3,18-24H2,1H3,(H,34,37). The number of nitrogens with one attached hydrogen (secondary N) is 1. The number of hydrogen-bond acceptors (Lipinski definition) is 4. The maximum atomic E-state index is 13.6. The van der Waals surface area contributed by atoms with Crippen LogP contribution >= 0.6 is 0 Å². The zero-order valence-corrected chi connectivity index (χ0v) is 22.8. The number of benzene rings is 3. The number of piperidine rings is 1. The smallest absolute Gasteiger partial charge is 0.246 e. The van der Waals surface area contributed by atoms with Gasteiger partial charge in [0.15, 0.2) is 0 Å². The molecule has 0 spiro atoms. The Morgan fingerprint density at radius 3 is 2.13 bits per heavy atom. The van der Waals surface area contributed by atoms with Crippen LogP contribution in [0.25, 0.3) is 0 Å². The highest BCUT2D eigenvalue weighted by Gasteiger charge is 2.44. The highest BCUT2D eigenvalue weighted by atomic mass is 16.5. The normalized spacial score (nSPS) is 20.6. The van der Waals surface area contributed by atoms with Gasteiger partial charge >= 0.3 is 0 Å². The van der Waals surface area contributed by atoms with E-state index in [0.29, 0.717) is 13.0 Å². The van der Waals surface area contributed by atoms with Gasteiger partial charge in [0, 0.05) is 19.5 Å². The topological polar surface area (TPSA) is 61.9 Å². The summed E-state index contributed by atoms with van der Waals surface area (Å²) < 4.78 is 5.92. The summed E-state index contributed by atoms with van der Waals surface area (Å²) in [6.45, 7) is 5.48. The summed E-state index contributed by atoms with van der Waals surface area (Å²) in [5.41, 5.74) is 2.31. The van der Waals surface area contributed by atoms with Gasteiger partial charge < -0.3 is 15.0 Å². The minimum absolute atomic E-state index is 0.0130. The maximum absolute atomic E-state index is 13.6. The molecule has 2 saturated heterocycles. The molecular formula is C33H39N3O3. The van der Waals surface area contributed by atoms with Gasteiger partial charge in [0.2, 0.25) is 11.8 Å². The summed E-state index contributed by atoms with van der Waals surface area (Å²) in [6, 6.07) is 27.2. The Bertz CT molecular complexity index is 1210. The minimum atomic E-state index is -0.484. The molecule has 2 fully saturated rings. The van der Waals surface area contributed by atoms with Crippen LogP contribution in [-0.4, -0.2) is 53.3 Å². The Labute approximate surface area is 232 Å². The maximum Gasteiger partial charge on any atom is 0.246 e. The van der Waals surface area contributed by atoms with Crippen LogP contribution < -0.4 is 10.1 Å². The number of hydrogen-bond donors (Lipinski definition) is 1. The molecule has 2 aliphatic heterocycles. The van der Waals surface area contributed by atoms with Gasteiger partial charge in [-0.3, -0.25) is 14.5 Å². The first-order chi connectivity index (χ1) is 19.1. The Morgan fingerprint density at radius 2 is 1.46 bits per heavy atom. The van der Waals surface area contributed by atoms with E-state index in [0.717, 1.165) is 62.4 Å². The van der Waals surface area contributed by atoms with E-state index in [9.17, 15) is 9.59 Å². The highest BCUT2D eigenvalue weighted by Crippen LogP contribution is 2.29. The molecule has 2 unspecified atom stereocenters. The Morgan fingerprint density at radius 1 is 0.821 bits per heavy atom. The minimum Gasteiger partial charge on any atom is -0.457 e. The highest BCUT2D eigenvalue weighted by molar-refractivity contribution is 5.97. The van der Waals surface area contributed by atoms with Crippen molar-refractivity contribution in [3.8, 4) is 11.5 Å². The van der Waals surface area contributed by atoms with E-state index in [2.05, 4.69) is 29.3 Å². The van der Waals surface area contributed by atoms with E-state index >= 15 is 0 Å². The number of carbonyl (C=O) groups is 2. The number of rotatable bonds is 10. The predicted octanol–water partition coefficient (Wildman–Crippen LogP) is 5.43. The van der Waals surface area contributed by atoms with Gasteiger partial charge in [0.1, 0.15) is 23.6 Å². The quantitative estimate of drug-likeness (QED) is 0.384. The molecule has 3 aromatic rings. The zero-order valence-electron chi connectivity index (χ0n) is 22.8. The number of unbranched alkanes of at least 4 members (excludes halogenated alkanes) is 1. The van der Waals surface area contributed by atoms with Crippen molar-refractivity contribution in [3.05, 3.63) is 96.1 Å². The van der Waals surface area contributed by atoms with Crippen molar-refractivity contribution < 1.29 is 14.3 Å². The molecule has 0 aromatic heterocycles. The summed E-state index contributed by atoms with van der Waals surface area (Å²) in [5, 5.41) is 3.09. The zero-order chi connectivity index (χ0) is 27.0. The van der Waals surface area contributed by atoms with E-state index < -0.39 is 6.04 Å². The third-order valence-corrected chi connectivity index (χ3v) is 7.92. The molecule has 6 nitrogen and oxygen atoms in total. The van der Waals surface area contributed by atoms with Gasteiger partial charge in [-0.2, -0.15) is 0 Å². The summed E-state index contributed by atoms with van der Waals surface area (Å²) in [5.74, 6) is 1.92. The van der Waals surface area contributed by atoms with E-state index in [-0.39, 0.29) is 23.8 Å². The predicted molar refractivity (Wildman–Crippen MR) is 153 cm³/mol. The second kappa shape index (κ2) is 12.9. The molecule has 2 heterocycles. The van der Waals surface area contributed by atoms with E-state index in [4.69, 9.17) is 4.74 Å². The fraction of sp³-hybridized carbons (Fsp3) is 0.394. The van der Waals surface area contributed by atoms with Gasteiger partial charge in [0.05, 0.1) is 0 Å². The first kappa shape index (κ1) is 26.9. The van der Waals surface area contributed by atoms with E-state index in [1.165, 1.54) is 5.56 Å². The fourth-order valence-electron chi connectivity index (χ4n) is 5.80. The lowest BCUT2D eigenvalue weighted by molar-refractivity contribution is -0.152. The summed E-state index contributed by atoms with van der Waals surface area (Å²) in [4.78, 5) is 31.3. The number of amides is 2. The van der Waals surface area contributed by atoms with Gasteiger partial charge in [-0.1, -0.05) is 74.0 Å². The average Bonchev–Trinajstić information content (AvgIpc) is 2.97. The molecule has 0 aliphatic carbocycles. The van der Waals surface area contributed by atoms with Crippen LogP contribution in [-0.2, 0) is 22.6 Å². The number of piperazine rings is 1.